The monoisotopic (exact) mass is 304 g/mol. The summed E-state index contributed by atoms with van der Waals surface area (Å²) in [5, 5.41) is 18.8. The number of amides is 2. The van der Waals surface area contributed by atoms with E-state index in [1.54, 1.807) is 0 Å². The van der Waals surface area contributed by atoms with Crippen LogP contribution in [0.3, 0.4) is 0 Å². The Morgan fingerprint density at radius 1 is 1.38 bits per heavy atom. The number of carbonyl (C=O) groups excluding carboxylic acids is 1. The number of aliphatic hydroxyl groups is 1. The number of β-amino-alcohol motifs (C(OH)–C–C–N with tert-alkyl or cyclic N) is 1. The first-order valence-corrected chi connectivity index (χ1v) is 6.88. The lowest BCUT2D eigenvalue weighted by Gasteiger charge is -2.34. The van der Waals surface area contributed by atoms with Crippen molar-refractivity contribution in [3.8, 4) is 0 Å². The highest BCUT2D eigenvalue weighted by Gasteiger charge is 2.41. The molecular formula is C13H24N2O6. The van der Waals surface area contributed by atoms with Gasteiger partial charge in [-0.1, -0.05) is 0 Å². The van der Waals surface area contributed by atoms with Gasteiger partial charge in [0, 0.05) is 33.7 Å². The predicted octanol–water partition coefficient (Wildman–Crippen LogP) is -0.390. The highest BCUT2D eigenvalue weighted by Crippen LogP contribution is 2.21. The molecule has 0 saturated carbocycles. The van der Waals surface area contributed by atoms with Crippen LogP contribution in [-0.2, 0) is 14.3 Å². The minimum atomic E-state index is -1.11. The number of nitrogens with zero attached hydrogens (tertiary/aromatic N) is 2. The number of hydrogen-bond donors (Lipinski definition) is 2. The molecule has 2 amide bonds. The number of urea groups is 1. The molecule has 21 heavy (non-hydrogen) atoms. The van der Waals surface area contributed by atoms with Gasteiger partial charge in [0.2, 0.25) is 0 Å². The average molecular weight is 304 g/mol. The zero-order chi connectivity index (χ0) is 16.0. The molecule has 1 saturated heterocycles. The van der Waals surface area contributed by atoms with E-state index in [4.69, 9.17) is 9.47 Å². The second-order valence-electron chi connectivity index (χ2n) is 5.17. The standard InChI is InChI=1S/C13H24N2O6/c1-9(8-21-3)14(4-5-20-2)13(19)15-7-10(16)6-11(15)12(17)18/h9-11,16H,4-8H2,1-3H3,(H,17,18)/t9?,10-,11+/m1/s1. The van der Waals surface area contributed by atoms with E-state index in [-0.39, 0.29) is 19.0 Å². The molecule has 0 spiro atoms. The molecule has 0 aliphatic carbocycles. The summed E-state index contributed by atoms with van der Waals surface area (Å²) >= 11 is 0. The largest absolute Gasteiger partial charge is 0.480 e. The van der Waals surface area contributed by atoms with E-state index in [2.05, 4.69) is 0 Å². The third kappa shape index (κ3) is 4.55. The summed E-state index contributed by atoms with van der Waals surface area (Å²) in [5.41, 5.74) is 0. The van der Waals surface area contributed by atoms with Crippen LogP contribution in [-0.4, -0.2) is 90.7 Å². The third-order valence-electron chi connectivity index (χ3n) is 3.53. The molecule has 1 fully saturated rings. The van der Waals surface area contributed by atoms with Crippen molar-refractivity contribution in [2.24, 2.45) is 0 Å². The Labute approximate surface area is 124 Å². The number of carboxylic acid groups (broad SMARTS) is 1. The topological polar surface area (TPSA) is 99.5 Å². The molecule has 0 bridgehead atoms. The van der Waals surface area contributed by atoms with Gasteiger partial charge < -0.3 is 29.5 Å². The van der Waals surface area contributed by atoms with E-state index >= 15 is 0 Å². The maximum Gasteiger partial charge on any atom is 0.326 e. The zero-order valence-electron chi connectivity index (χ0n) is 12.7. The summed E-state index contributed by atoms with van der Waals surface area (Å²) in [7, 11) is 3.07. The van der Waals surface area contributed by atoms with E-state index < -0.39 is 24.1 Å². The molecule has 1 heterocycles. The van der Waals surface area contributed by atoms with Crippen LogP contribution in [0.5, 0.6) is 0 Å². The van der Waals surface area contributed by atoms with E-state index in [1.807, 2.05) is 6.92 Å². The number of aliphatic hydroxyl groups excluding tert-OH is 1. The van der Waals surface area contributed by atoms with Crippen molar-refractivity contribution in [2.45, 2.75) is 31.5 Å². The molecule has 1 unspecified atom stereocenters. The number of carbonyl (C=O) groups is 2. The minimum absolute atomic E-state index is 0.0268. The van der Waals surface area contributed by atoms with Crippen LogP contribution >= 0.6 is 0 Å². The van der Waals surface area contributed by atoms with Gasteiger partial charge in [-0.3, -0.25) is 0 Å². The summed E-state index contributed by atoms with van der Waals surface area (Å²) < 4.78 is 10.0. The quantitative estimate of drug-likeness (QED) is 0.664. The van der Waals surface area contributed by atoms with Crippen LogP contribution in [0.2, 0.25) is 0 Å². The molecule has 1 rings (SSSR count). The number of rotatable bonds is 7. The summed E-state index contributed by atoms with van der Waals surface area (Å²) in [6.45, 7) is 2.86. The Morgan fingerprint density at radius 3 is 2.57 bits per heavy atom. The first-order chi connectivity index (χ1) is 9.92. The molecule has 8 nitrogen and oxygen atoms in total. The Balaban J connectivity index is 2.84. The summed E-state index contributed by atoms with van der Waals surface area (Å²) in [5.74, 6) is -1.11. The summed E-state index contributed by atoms with van der Waals surface area (Å²) in [6, 6.07) is -1.63. The van der Waals surface area contributed by atoms with Gasteiger partial charge in [0.05, 0.1) is 25.4 Å². The normalized spacial score (nSPS) is 23.1. The Kier molecular flexibility index (Phi) is 6.86. The first-order valence-electron chi connectivity index (χ1n) is 6.88. The summed E-state index contributed by atoms with van der Waals surface area (Å²) in [6.07, 6.45) is -0.755. The maximum absolute atomic E-state index is 12.6. The van der Waals surface area contributed by atoms with E-state index in [0.717, 1.165) is 0 Å². The molecule has 1 aliphatic rings. The Hall–Kier alpha value is -1.38. The zero-order valence-corrected chi connectivity index (χ0v) is 12.7. The molecule has 3 atom stereocenters. The molecular weight excluding hydrogens is 280 g/mol. The molecule has 0 aromatic heterocycles. The van der Waals surface area contributed by atoms with Gasteiger partial charge in [-0.25, -0.2) is 9.59 Å². The van der Waals surface area contributed by atoms with Crippen LogP contribution in [0.25, 0.3) is 0 Å². The smallest absolute Gasteiger partial charge is 0.326 e. The molecule has 0 aromatic carbocycles. The van der Waals surface area contributed by atoms with Crippen LogP contribution in [0.4, 0.5) is 4.79 Å². The maximum atomic E-state index is 12.6. The van der Waals surface area contributed by atoms with Crippen molar-refractivity contribution in [1.82, 2.24) is 9.80 Å². The van der Waals surface area contributed by atoms with Crippen LogP contribution < -0.4 is 0 Å². The number of carboxylic acids is 1. The van der Waals surface area contributed by atoms with Gasteiger partial charge in [-0.2, -0.15) is 0 Å². The van der Waals surface area contributed by atoms with E-state index in [9.17, 15) is 19.8 Å². The van der Waals surface area contributed by atoms with Crippen molar-refractivity contribution >= 4 is 12.0 Å². The van der Waals surface area contributed by atoms with Gasteiger partial charge in [-0.15, -0.1) is 0 Å². The second kappa shape index (κ2) is 8.16. The molecule has 0 radical (unpaired) electrons. The summed E-state index contributed by atoms with van der Waals surface area (Å²) in [4.78, 5) is 26.5. The number of hydrogen-bond acceptors (Lipinski definition) is 5. The van der Waals surface area contributed by atoms with Gasteiger partial charge in [-0.05, 0) is 6.92 Å². The Morgan fingerprint density at radius 2 is 2.05 bits per heavy atom. The van der Waals surface area contributed by atoms with Crippen molar-refractivity contribution in [1.29, 1.82) is 0 Å². The Bertz CT molecular complexity index is 365. The fourth-order valence-electron chi connectivity index (χ4n) is 2.45. The fourth-order valence-corrected chi connectivity index (χ4v) is 2.45. The van der Waals surface area contributed by atoms with Crippen molar-refractivity contribution in [3.63, 3.8) is 0 Å². The van der Waals surface area contributed by atoms with Crippen molar-refractivity contribution in [3.05, 3.63) is 0 Å². The highest BCUT2D eigenvalue weighted by molar-refractivity contribution is 5.83. The van der Waals surface area contributed by atoms with Gasteiger partial charge >= 0.3 is 12.0 Å². The van der Waals surface area contributed by atoms with Gasteiger partial charge in [0.25, 0.3) is 0 Å². The van der Waals surface area contributed by atoms with E-state index in [1.165, 1.54) is 24.0 Å². The molecule has 1 aliphatic heterocycles. The SMILES string of the molecule is COCCN(C(=O)N1C[C@H](O)C[C@H]1C(=O)O)C(C)COC. The lowest BCUT2D eigenvalue weighted by Crippen LogP contribution is -2.52. The lowest BCUT2D eigenvalue weighted by atomic mass is 10.2. The van der Waals surface area contributed by atoms with Gasteiger partial charge in [0.1, 0.15) is 6.04 Å². The van der Waals surface area contributed by atoms with Crippen LogP contribution in [0.15, 0.2) is 0 Å². The molecule has 8 heteroatoms. The number of aliphatic carboxylic acids is 1. The molecule has 2 N–H and O–H groups in total. The average Bonchev–Trinajstić information content (AvgIpc) is 2.81. The lowest BCUT2D eigenvalue weighted by molar-refractivity contribution is -0.141. The van der Waals surface area contributed by atoms with Gasteiger partial charge in [0.15, 0.2) is 0 Å². The molecule has 122 valence electrons. The minimum Gasteiger partial charge on any atom is -0.480 e. The predicted molar refractivity (Wildman–Crippen MR) is 74.1 cm³/mol. The van der Waals surface area contributed by atoms with Crippen LogP contribution in [0, 0.1) is 0 Å². The van der Waals surface area contributed by atoms with Crippen LogP contribution in [0.1, 0.15) is 13.3 Å². The molecule has 0 aromatic rings. The van der Waals surface area contributed by atoms with Crippen molar-refractivity contribution < 1.29 is 29.3 Å². The number of methoxy groups -OCH3 is 2. The van der Waals surface area contributed by atoms with Crippen molar-refractivity contribution in [2.75, 3.05) is 40.5 Å². The fraction of sp³-hybridized carbons (Fsp3) is 0.846. The highest BCUT2D eigenvalue weighted by atomic mass is 16.5. The van der Waals surface area contributed by atoms with E-state index in [0.29, 0.717) is 19.8 Å². The third-order valence-corrected chi connectivity index (χ3v) is 3.53. The first kappa shape index (κ1) is 17.7. The second-order valence-corrected chi connectivity index (χ2v) is 5.17. The number of likely N-dealkylation sites (tertiary alicyclic amines) is 1. The number of ether oxygens (including phenoxy) is 2.